The Balaban J connectivity index is 0.000000227. The Morgan fingerprint density at radius 3 is 2.15 bits per heavy atom. The van der Waals surface area contributed by atoms with Gasteiger partial charge in [0.2, 0.25) is 0 Å². The monoisotopic (exact) mass is 406 g/mol. The zero-order valence-corrected chi connectivity index (χ0v) is 15.3. The van der Waals surface area contributed by atoms with Crippen molar-refractivity contribution in [1.29, 1.82) is 0 Å². The van der Waals surface area contributed by atoms with E-state index in [0.717, 1.165) is 6.42 Å². The number of ether oxygens (including phenoxy) is 3. The Hall–Kier alpha value is -1.03. The molecule has 2 aliphatic carbocycles. The first-order valence-electron chi connectivity index (χ1n) is 8.87. The summed E-state index contributed by atoms with van der Waals surface area (Å²) in [5.41, 5.74) is -3.90. The maximum atomic E-state index is 12.8. The van der Waals surface area contributed by atoms with Crippen molar-refractivity contribution in [3.05, 3.63) is 0 Å². The number of hydrogen-bond donors (Lipinski definition) is 0. The largest absolute Gasteiger partial charge is 0.438 e. The number of hydrogen-bond acceptors (Lipinski definition) is 4. The number of esters is 1. The van der Waals surface area contributed by atoms with Gasteiger partial charge in [0.25, 0.3) is 5.60 Å². The van der Waals surface area contributed by atoms with Crippen LogP contribution in [-0.4, -0.2) is 43.9 Å². The van der Waals surface area contributed by atoms with E-state index in [9.17, 15) is 31.1 Å². The van der Waals surface area contributed by atoms with Crippen LogP contribution in [0.4, 0.5) is 26.3 Å². The molecule has 10 heteroatoms. The van der Waals surface area contributed by atoms with Crippen molar-refractivity contribution in [3.63, 3.8) is 0 Å². The van der Waals surface area contributed by atoms with Gasteiger partial charge in [0.15, 0.2) is 6.79 Å². The van der Waals surface area contributed by atoms with Crippen molar-refractivity contribution >= 4 is 5.97 Å². The summed E-state index contributed by atoms with van der Waals surface area (Å²) < 4.78 is 90.2. The number of carbonyl (C=O) groups excluding carboxylic acids is 1. The summed E-state index contributed by atoms with van der Waals surface area (Å²) in [6.45, 7) is 3.83. The molecule has 0 radical (unpaired) electrons. The first kappa shape index (κ1) is 22.3. The average Bonchev–Trinajstić information content (AvgIpc) is 3.06. The lowest BCUT2D eigenvalue weighted by atomic mass is 9.68. The van der Waals surface area contributed by atoms with Crippen molar-refractivity contribution < 1.29 is 45.3 Å². The molecule has 0 aromatic heterocycles. The van der Waals surface area contributed by atoms with E-state index in [4.69, 9.17) is 0 Å². The normalized spacial score (nSPS) is 32.0. The lowest BCUT2D eigenvalue weighted by molar-refractivity contribution is -0.470. The molecule has 3 fully saturated rings. The molecule has 2 bridgehead atoms. The first-order valence-corrected chi connectivity index (χ1v) is 8.87. The maximum absolute atomic E-state index is 12.8. The molecule has 4 nitrogen and oxygen atoms in total. The van der Waals surface area contributed by atoms with E-state index in [1.807, 2.05) is 13.8 Å². The minimum atomic E-state index is -5.38. The number of methoxy groups -OCH3 is 1. The zero-order chi connectivity index (χ0) is 20.6. The minimum absolute atomic E-state index is 0.0184. The first-order chi connectivity index (χ1) is 12.4. The lowest BCUT2D eigenvalue weighted by Gasteiger charge is -2.56. The van der Waals surface area contributed by atoms with Crippen LogP contribution in [-0.2, 0) is 19.0 Å². The van der Waals surface area contributed by atoms with Crippen molar-refractivity contribution in [2.75, 3.05) is 13.9 Å². The van der Waals surface area contributed by atoms with E-state index < -0.39 is 35.9 Å². The van der Waals surface area contributed by atoms with Crippen LogP contribution >= 0.6 is 0 Å². The molecule has 2 saturated carbocycles. The third kappa shape index (κ3) is 3.79. The van der Waals surface area contributed by atoms with Crippen molar-refractivity contribution in [2.45, 2.75) is 63.6 Å². The predicted octanol–water partition coefficient (Wildman–Crippen LogP) is 4.47. The van der Waals surface area contributed by atoms with Gasteiger partial charge in [0.1, 0.15) is 0 Å². The Morgan fingerprint density at radius 2 is 1.70 bits per heavy atom. The van der Waals surface area contributed by atoms with E-state index >= 15 is 0 Å². The van der Waals surface area contributed by atoms with Crippen LogP contribution in [0.25, 0.3) is 0 Å². The molecule has 1 saturated heterocycles. The molecular formula is C17H24F6O4. The van der Waals surface area contributed by atoms with Crippen molar-refractivity contribution in [2.24, 2.45) is 23.7 Å². The van der Waals surface area contributed by atoms with E-state index in [2.05, 4.69) is 14.2 Å². The van der Waals surface area contributed by atoms with Crippen LogP contribution in [0, 0.1) is 23.7 Å². The van der Waals surface area contributed by atoms with Crippen molar-refractivity contribution in [3.8, 4) is 0 Å². The highest BCUT2D eigenvalue weighted by molar-refractivity contribution is 5.71. The second-order valence-electron chi connectivity index (χ2n) is 7.35. The molecule has 5 unspecified atom stereocenters. The van der Waals surface area contributed by atoms with Gasteiger partial charge in [-0.25, -0.2) is 0 Å². The maximum Gasteiger partial charge on any atom is 0.426 e. The minimum Gasteiger partial charge on any atom is -0.438 e. The summed E-state index contributed by atoms with van der Waals surface area (Å²) in [4.78, 5) is 10.8. The summed E-state index contributed by atoms with van der Waals surface area (Å²) >= 11 is 0. The smallest absolute Gasteiger partial charge is 0.426 e. The highest BCUT2D eigenvalue weighted by Crippen LogP contribution is 2.69. The van der Waals surface area contributed by atoms with E-state index in [-0.39, 0.29) is 24.6 Å². The molecule has 0 amide bonds. The molecule has 5 atom stereocenters. The summed E-state index contributed by atoms with van der Waals surface area (Å²) in [5.74, 6) is -2.22. The molecule has 3 rings (SSSR count). The SMILES string of the molecule is CCC(C)C(=O)OCOC.FC(F)(F)C1(C(F)(F)F)OC2C3CCC(C3)C21. The van der Waals surface area contributed by atoms with Crippen LogP contribution in [0.2, 0.25) is 0 Å². The molecule has 0 aromatic carbocycles. The summed E-state index contributed by atoms with van der Waals surface area (Å²) in [6.07, 6.45) is -9.18. The molecular weight excluding hydrogens is 382 g/mol. The number of alkyl halides is 6. The van der Waals surface area contributed by atoms with E-state index in [1.165, 1.54) is 7.11 Å². The van der Waals surface area contributed by atoms with Gasteiger partial charge in [-0.15, -0.1) is 0 Å². The Morgan fingerprint density at radius 1 is 1.15 bits per heavy atom. The van der Waals surface area contributed by atoms with Gasteiger partial charge in [-0.05, 0) is 37.5 Å². The third-order valence-electron chi connectivity index (χ3n) is 5.81. The number of rotatable bonds is 4. The Bertz CT molecular complexity index is 516. The summed E-state index contributed by atoms with van der Waals surface area (Å²) in [6, 6.07) is 0. The van der Waals surface area contributed by atoms with Gasteiger partial charge < -0.3 is 14.2 Å². The van der Waals surface area contributed by atoms with Crippen LogP contribution in [0.1, 0.15) is 39.5 Å². The Kier molecular flexibility index (Phi) is 6.41. The zero-order valence-electron chi connectivity index (χ0n) is 15.3. The lowest BCUT2D eigenvalue weighted by Crippen LogP contribution is -2.75. The number of halogens is 6. The third-order valence-corrected chi connectivity index (χ3v) is 5.81. The molecule has 158 valence electrons. The molecule has 0 spiro atoms. The topological polar surface area (TPSA) is 44.8 Å². The number of fused-ring (bicyclic) bond motifs is 5. The van der Waals surface area contributed by atoms with Crippen LogP contribution in [0.3, 0.4) is 0 Å². The van der Waals surface area contributed by atoms with Crippen LogP contribution in [0.15, 0.2) is 0 Å². The van der Waals surface area contributed by atoms with Gasteiger partial charge in [-0.3, -0.25) is 4.79 Å². The fraction of sp³-hybridized carbons (Fsp3) is 0.941. The second-order valence-corrected chi connectivity index (χ2v) is 7.35. The summed E-state index contributed by atoms with van der Waals surface area (Å²) in [7, 11) is 1.49. The van der Waals surface area contributed by atoms with Gasteiger partial charge >= 0.3 is 18.3 Å². The second kappa shape index (κ2) is 7.77. The standard InChI is InChI=1S/C10H10F6O.C7H14O3/c11-9(12,13)8(10(14,15)16)6-4-1-2-5(3-4)7(6)17-8;1-4-6(2)7(8)10-5-9-3/h4-7H,1-3H2;6H,4-5H2,1-3H3. The van der Waals surface area contributed by atoms with Gasteiger partial charge in [-0.2, -0.15) is 26.3 Å². The van der Waals surface area contributed by atoms with Gasteiger partial charge in [0, 0.05) is 13.0 Å². The average molecular weight is 406 g/mol. The molecule has 27 heavy (non-hydrogen) atoms. The molecule has 1 aliphatic heterocycles. The number of carbonyl (C=O) groups is 1. The summed E-state index contributed by atoms with van der Waals surface area (Å²) in [5, 5.41) is 0. The fourth-order valence-corrected chi connectivity index (χ4v) is 4.29. The van der Waals surface area contributed by atoms with Gasteiger partial charge in [-0.1, -0.05) is 13.8 Å². The molecule has 3 aliphatic rings. The van der Waals surface area contributed by atoms with Gasteiger partial charge in [0.05, 0.1) is 12.0 Å². The van der Waals surface area contributed by atoms with Crippen LogP contribution in [0.5, 0.6) is 0 Å². The van der Waals surface area contributed by atoms with E-state index in [1.54, 1.807) is 0 Å². The van der Waals surface area contributed by atoms with Crippen molar-refractivity contribution in [1.82, 2.24) is 0 Å². The quantitative estimate of drug-likeness (QED) is 0.393. The van der Waals surface area contributed by atoms with Crippen LogP contribution < -0.4 is 0 Å². The van der Waals surface area contributed by atoms with E-state index in [0.29, 0.717) is 19.3 Å². The fourth-order valence-electron chi connectivity index (χ4n) is 4.29. The highest BCUT2D eigenvalue weighted by atomic mass is 19.4. The Labute approximate surface area is 153 Å². The molecule has 0 N–H and O–H groups in total. The predicted molar refractivity (Wildman–Crippen MR) is 81.5 cm³/mol. The molecule has 1 heterocycles. The molecule has 0 aromatic rings. The highest BCUT2D eigenvalue weighted by Gasteiger charge is 2.86.